The van der Waals surface area contributed by atoms with E-state index >= 15 is 0 Å². The summed E-state index contributed by atoms with van der Waals surface area (Å²) in [6.07, 6.45) is 6.78. The molecule has 0 amide bonds. The first-order chi connectivity index (χ1) is 17.9. The highest BCUT2D eigenvalue weighted by Crippen LogP contribution is 2.46. The van der Waals surface area contributed by atoms with Gasteiger partial charge >= 0.3 is 0 Å². The zero-order valence-electron chi connectivity index (χ0n) is 20.4. The Morgan fingerprint density at radius 3 is 1.97 bits per heavy atom. The molecule has 1 fully saturated rings. The van der Waals surface area contributed by atoms with E-state index in [1.807, 2.05) is 11.3 Å². The first-order valence-electron chi connectivity index (χ1n) is 13.1. The van der Waals surface area contributed by atoms with Gasteiger partial charge in [-0.2, -0.15) is 0 Å². The molecule has 5 aromatic carbocycles. The summed E-state index contributed by atoms with van der Waals surface area (Å²) in [6.45, 7) is 0. The quantitative estimate of drug-likeness (QED) is 0.241. The largest absolute Gasteiger partial charge is 0.310 e. The lowest BCUT2D eigenvalue weighted by Gasteiger charge is -2.28. The van der Waals surface area contributed by atoms with Gasteiger partial charge in [-0.05, 0) is 60.7 Å². The van der Waals surface area contributed by atoms with Crippen molar-refractivity contribution in [2.45, 2.75) is 38.0 Å². The molecule has 0 radical (unpaired) electrons. The molecule has 2 heteroatoms. The number of nitrogens with zero attached hydrogens (tertiary/aromatic N) is 1. The van der Waals surface area contributed by atoms with Crippen molar-refractivity contribution < 1.29 is 0 Å². The molecule has 1 aromatic heterocycles. The second-order valence-electron chi connectivity index (χ2n) is 10.0. The van der Waals surface area contributed by atoms with Crippen molar-refractivity contribution in [2.24, 2.45) is 0 Å². The molecule has 0 atom stereocenters. The lowest BCUT2D eigenvalue weighted by Crippen LogP contribution is -2.11. The van der Waals surface area contributed by atoms with Crippen LogP contribution in [0.3, 0.4) is 0 Å². The van der Waals surface area contributed by atoms with Crippen molar-refractivity contribution in [3.8, 4) is 0 Å². The summed E-state index contributed by atoms with van der Waals surface area (Å²) in [4.78, 5) is 2.44. The molecule has 176 valence electrons. The molecule has 0 spiro atoms. The Morgan fingerprint density at radius 2 is 1.19 bits per heavy atom. The third kappa shape index (κ3) is 3.68. The van der Waals surface area contributed by atoms with Gasteiger partial charge in [0.2, 0.25) is 0 Å². The molecule has 0 bridgehead atoms. The van der Waals surface area contributed by atoms with Gasteiger partial charge in [0.1, 0.15) is 0 Å². The van der Waals surface area contributed by atoms with E-state index in [0.29, 0.717) is 5.92 Å². The van der Waals surface area contributed by atoms with E-state index in [1.54, 1.807) is 0 Å². The van der Waals surface area contributed by atoms with Crippen LogP contribution in [0.25, 0.3) is 30.9 Å². The Hall–Kier alpha value is -3.62. The molecule has 1 aliphatic rings. The summed E-state index contributed by atoms with van der Waals surface area (Å²) < 4.78 is 2.72. The Labute approximate surface area is 216 Å². The monoisotopic (exact) mass is 483 g/mol. The van der Waals surface area contributed by atoms with E-state index in [0.717, 1.165) is 0 Å². The molecular formula is C34H29NS. The summed E-state index contributed by atoms with van der Waals surface area (Å²) in [5.74, 6) is 0.715. The van der Waals surface area contributed by atoms with Crippen LogP contribution in [0.1, 0.15) is 43.6 Å². The molecule has 0 saturated heterocycles. The van der Waals surface area contributed by atoms with Gasteiger partial charge in [0.25, 0.3) is 0 Å². The van der Waals surface area contributed by atoms with Crippen molar-refractivity contribution >= 4 is 59.3 Å². The van der Waals surface area contributed by atoms with E-state index in [9.17, 15) is 0 Å². The van der Waals surface area contributed by atoms with Crippen molar-refractivity contribution in [3.05, 3.63) is 115 Å². The van der Waals surface area contributed by atoms with Gasteiger partial charge in [-0.25, -0.2) is 0 Å². The Kier molecular flexibility index (Phi) is 5.48. The molecule has 1 aliphatic carbocycles. The van der Waals surface area contributed by atoms with Crippen LogP contribution in [-0.2, 0) is 0 Å². The Morgan fingerprint density at radius 1 is 0.556 bits per heavy atom. The minimum absolute atomic E-state index is 0.715. The van der Waals surface area contributed by atoms with Crippen LogP contribution in [0.2, 0.25) is 0 Å². The predicted octanol–water partition coefficient (Wildman–Crippen LogP) is 10.7. The Bertz CT molecular complexity index is 1660. The molecule has 1 nitrogen and oxygen atoms in total. The van der Waals surface area contributed by atoms with Gasteiger partial charge in [0, 0.05) is 42.3 Å². The second kappa shape index (κ2) is 9.11. The maximum Gasteiger partial charge on any atom is 0.0547 e. The molecule has 0 unspecified atom stereocenters. The van der Waals surface area contributed by atoms with Crippen molar-refractivity contribution in [3.63, 3.8) is 0 Å². The van der Waals surface area contributed by atoms with Crippen LogP contribution in [0.15, 0.2) is 109 Å². The number of para-hydroxylation sites is 1. The average molecular weight is 484 g/mol. The number of hydrogen-bond donors (Lipinski definition) is 0. The number of thiophene rings is 1. The minimum atomic E-state index is 0.715. The first-order valence-corrected chi connectivity index (χ1v) is 14.0. The van der Waals surface area contributed by atoms with Gasteiger partial charge in [-0.1, -0.05) is 92.1 Å². The highest BCUT2D eigenvalue weighted by molar-refractivity contribution is 7.26. The zero-order valence-corrected chi connectivity index (χ0v) is 21.2. The maximum atomic E-state index is 2.44. The van der Waals surface area contributed by atoms with E-state index in [4.69, 9.17) is 0 Å². The first kappa shape index (κ1) is 21.6. The summed E-state index contributed by atoms with van der Waals surface area (Å²) in [7, 11) is 0. The molecule has 1 heterocycles. The van der Waals surface area contributed by atoms with Crippen LogP contribution < -0.4 is 4.90 Å². The maximum absolute atomic E-state index is 2.44. The SMILES string of the molecule is c1ccc(N(c2ccc(C3CCCCC3)cc2)c2cc3c4ccccc4sc3c3ccccc23)cc1. The number of anilines is 3. The molecular weight excluding hydrogens is 454 g/mol. The predicted molar refractivity (Wildman–Crippen MR) is 157 cm³/mol. The molecule has 0 N–H and O–H groups in total. The van der Waals surface area contributed by atoms with Crippen molar-refractivity contribution in [1.82, 2.24) is 0 Å². The van der Waals surface area contributed by atoms with Gasteiger partial charge in [0.05, 0.1) is 5.69 Å². The fourth-order valence-electron chi connectivity index (χ4n) is 6.05. The summed E-state index contributed by atoms with van der Waals surface area (Å²) in [5, 5.41) is 5.29. The molecule has 7 rings (SSSR count). The molecule has 6 aromatic rings. The van der Waals surface area contributed by atoms with Crippen LogP contribution >= 0.6 is 11.3 Å². The summed E-state index contributed by atoms with van der Waals surface area (Å²) in [5.41, 5.74) is 5.13. The minimum Gasteiger partial charge on any atom is -0.310 e. The van der Waals surface area contributed by atoms with Crippen LogP contribution in [0, 0.1) is 0 Å². The number of rotatable bonds is 4. The van der Waals surface area contributed by atoms with Crippen LogP contribution in [0.5, 0.6) is 0 Å². The topological polar surface area (TPSA) is 3.24 Å². The van der Waals surface area contributed by atoms with Crippen LogP contribution in [0.4, 0.5) is 17.1 Å². The van der Waals surface area contributed by atoms with Gasteiger partial charge in [-0.3, -0.25) is 0 Å². The van der Waals surface area contributed by atoms with E-state index in [-0.39, 0.29) is 0 Å². The highest BCUT2D eigenvalue weighted by Gasteiger charge is 2.20. The normalized spacial score (nSPS) is 14.6. The second-order valence-corrected chi connectivity index (χ2v) is 11.1. The van der Waals surface area contributed by atoms with Gasteiger partial charge in [0.15, 0.2) is 0 Å². The van der Waals surface area contributed by atoms with Gasteiger partial charge in [-0.15, -0.1) is 11.3 Å². The Balaban J connectivity index is 1.46. The third-order valence-electron chi connectivity index (χ3n) is 7.85. The smallest absolute Gasteiger partial charge is 0.0547 e. The lowest BCUT2D eigenvalue weighted by molar-refractivity contribution is 0.443. The fourth-order valence-corrected chi connectivity index (χ4v) is 7.27. The molecule has 36 heavy (non-hydrogen) atoms. The fraction of sp³-hybridized carbons (Fsp3) is 0.176. The zero-order chi connectivity index (χ0) is 23.9. The highest BCUT2D eigenvalue weighted by atomic mass is 32.1. The lowest BCUT2D eigenvalue weighted by atomic mass is 9.84. The van der Waals surface area contributed by atoms with Crippen LogP contribution in [-0.4, -0.2) is 0 Å². The third-order valence-corrected chi connectivity index (χ3v) is 9.07. The standard InChI is InChI=1S/C34H29NS/c1-3-11-24(12-4-1)25-19-21-27(22-20-25)35(26-13-5-2-6-14-26)32-23-31-29-16-9-10-18-33(29)36-34(31)30-17-8-7-15-28(30)32/h2,5-10,13-24H,1,3-4,11-12H2. The van der Waals surface area contributed by atoms with Gasteiger partial charge < -0.3 is 4.90 Å². The van der Waals surface area contributed by atoms with E-state index in [2.05, 4.69) is 114 Å². The number of fused-ring (bicyclic) bond motifs is 5. The number of hydrogen-bond acceptors (Lipinski definition) is 2. The summed E-state index contributed by atoms with van der Waals surface area (Å²) in [6, 6.07) is 40.4. The summed E-state index contributed by atoms with van der Waals surface area (Å²) >= 11 is 1.90. The van der Waals surface area contributed by atoms with E-state index in [1.165, 1.54) is 85.7 Å². The molecule has 1 saturated carbocycles. The molecule has 0 aliphatic heterocycles. The van der Waals surface area contributed by atoms with Crippen molar-refractivity contribution in [2.75, 3.05) is 4.90 Å². The van der Waals surface area contributed by atoms with E-state index < -0.39 is 0 Å². The van der Waals surface area contributed by atoms with Crippen molar-refractivity contribution in [1.29, 1.82) is 0 Å². The number of benzene rings is 5. The average Bonchev–Trinajstić information content (AvgIpc) is 3.34.